The smallest absolute Gasteiger partial charge is 0.253 e. The van der Waals surface area contributed by atoms with Gasteiger partial charge in [-0.1, -0.05) is 11.6 Å². The van der Waals surface area contributed by atoms with Crippen LogP contribution < -0.4 is 10.6 Å². The highest BCUT2D eigenvalue weighted by Gasteiger charge is 2.18. The number of carbonyl (C=O) groups is 1. The van der Waals surface area contributed by atoms with E-state index in [1.54, 1.807) is 25.2 Å². The van der Waals surface area contributed by atoms with Crippen molar-refractivity contribution in [2.45, 2.75) is 18.9 Å². The molecule has 0 atom stereocenters. The molecule has 0 spiro atoms. The van der Waals surface area contributed by atoms with Gasteiger partial charge in [0.25, 0.3) is 5.91 Å². The van der Waals surface area contributed by atoms with Gasteiger partial charge in [-0.05, 0) is 31.0 Å². The van der Waals surface area contributed by atoms with E-state index in [0.29, 0.717) is 23.8 Å². The van der Waals surface area contributed by atoms with E-state index in [9.17, 15) is 4.79 Å². The minimum Gasteiger partial charge on any atom is -0.387 e. The molecule has 1 aliphatic heterocycles. The molecule has 1 aliphatic rings. The van der Waals surface area contributed by atoms with E-state index >= 15 is 0 Å². The maximum Gasteiger partial charge on any atom is 0.253 e. The lowest BCUT2D eigenvalue weighted by Gasteiger charge is -2.23. The van der Waals surface area contributed by atoms with Crippen LogP contribution >= 0.6 is 11.6 Å². The number of hydrogen-bond donors (Lipinski definition) is 2. The minimum absolute atomic E-state index is 0.0891. The van der Waals surface area contributed by atoms with Crippen LogP contribution in [0.3, 0.4) is 0 Å². The topological polar surface area (TPSA) is 50.4 Å². The van der Waals surface area contributed by atoms with Crippen LogP contribution in [0.4, 0.5) is 5.69 Å². The first-order valence-corrected chi connectivity index (χ1v) is 6.44. The molecule has 5 heteroatoms. The molecule has 0 bridgehead atoms. The number of carbonyl (C=O) groups excluding carboxylic acids is 1. The number of hydrogen-bond acceptors (Lipinski definition) is 3. The Hall–Kier alpha value is -1.26. The van der Waals surface area contributed by atoms with Gasteiger partial charge in [0.05, 0.1) is 5.56 Å². The molecule has 0 unspecified atom stereocenters. The summed E-state index contributed by atoms with van der Waals surface area (Å²) in [6.07, 6.45) is 1.72. The molecular formula is C13H17ClN2O2. The molecule has 18 heavy (non-hydrogen) atoms. The van der Waals surface area contributed by atoms with Crippen LogP contribution in [0.2, 0.25) is 5.02 Å². The van der Waals surface area contributed by atoms with Crippen molar-refractivity contribution in [3.8, 4) is 0 Å². The zero-order chi connectivity index (χ0) is 13.0. The van der Waals surface area contributed by atoms with Crippen LogP contribution in [0.1, 0.15) is 23.2 Å². The highest BCUT2D eigenvalue weighted by Crippen LogP contribution is 2.20. The second-order valence-corrected chi connectivity index (χ2v) is 4.74. The van der Waals surface area contributed by atoms with Gasteiger partial charge in [0, 0.05) is 37.0 Å². The largest absolute Gasteiger partial charge is 0.387 e. The monoisotopic (exact) mass is 268 g/mol. The summed E-state index contributed by atoms with van der Waals surface area (Å²) in [7, 11) is 1.79. The normalized spacial score (nSPS) is 16.3. The van der Waals surface area contributed by atoms with Crippen molar-refractivity contribution >= 4 is 23.2 Å². The third-order valence-electron chi connectivity index (χ3n) is 3.05. The second-order valence-electron chi connectivity index (χ2n) is 4.30. The molecule has 0 radical (unpaired) electrons. The zero-order valence-corrected chi connectivity index (χ0v) is 11.1. The van der Waals surface area contributed by atoms with Gasteiger partial charge in [-0.15, -0.1) is 0 Å². The Morgan fingerprint density at radius 2 is 2.11 bits per heavy atom. The molecule has 1 fully saturated rings. The predicted octanol–water partition coefficient (Wildman–Crippen LogP) is 2.29. The second kappa shape index (κ2) is 6.07. The Kier molecular flexibility index (Phi) is 4.44. The van der Waals surface area contributed by atoms with Gasteiger partial charge in [0.15, 0.2) is 0 Å². The summed E-state index contributed by atoms with van der Waals surface area (Å²) in [5.74, 6) is -0.0891. The first-order chi connectivity index (χ1) is 8.70. The molecule has 1 aromatic rings. The minimum atomic E-state index is -0.0891. The number of halogens is 1. The predicted molar refractivity (Wildman–Crippen MR) is 72.3 cm³/mol. The Morgan fingerprint density at radius 3 is 2.78 bits per heavy atom. The highest BCUT2D eigenvalue weighted by atomic mass is 35.5. The van der Waals surface area contributed by atoms with Crippen molar-refractivity contribution in [3.05, 3.63) is 28.8 Å². The van der Waals surface area contributed by atoms with Gasteiger partial charge in [0.1, 0.15) is 0 Å². The first-order valence-electron chi connectivity index (χ1n) is 6.06. The zero-order valence-electron chi connectivity index (χ0n) is 10.3. The summed E-state index contributed by atoms with van der Waals surface area (Å²) in [6, 6.07) is 5.44. The number of anilines is 1. The maximum absolute atomic E-state index is 12.2. The van der Waals surface area contributed by atoms with Crippen molar-refractivity contribution in [3.63, 3.8) is 0 Å². The fourth-order valence-electron chi connectivity index (χ4n) is 2.03. The molecule has 1 heterocycles. The van der Waals surface area contributed by atoms with Crippen LogP contribution in [-0.2, 0) is 4.74 Å². The number of ether oxygens (including phenoxy) is 1. The molecule has 2 N–H and O–H groups in total. The molecule has 0 aromatic heterocycles. The molecule has 0 saturated carbocycles. The number of nitrogens with one attached hydrogen (secondary N) is 2. The highest BCUT2D eigenvalue weighted by molar-refractivity contribution is 6.31. The van der Waals surface area contributed by atoms with Gasteiger partial charge in [-0.2, -0.15) is 0 Å². The Balaban J connectivity index is 2.09. The molecule has 98 valence electrons. The van der Waals surface area contributed by atoms with Crippen LogP contribution in [-0.4, -0.2) is 32.2 Å². The summed E-state index contributed by atoms with van der Waals surface area (Å²) in [6.45, 7) is 1.42. The van der Waals surface area contributed by atoms with Crippen molar-refractivity contribution in [1.82, 2.24) is 5.32 Å². The molecule has 2 rings (SSSR count). The van der Waals surface area contributed by atoms with Crippen LogP contribution in [0.5, 0.6) is 0 Å². The van der Waals surface area contributed by atoms with Crippen LogP contribution in [0.15, 0.2) is 18.2 Å². The lowest BCUT2D eigenvalue weighted by molar-refractivity contribution is 0.0697. The maximum atomic E-state index is 12.2. The fraction of sp³-hybridized carbons (Fsp3) is 0.462. The quantitative estimate of drug-likeness (QED) is 0.884. The summed E-state index contributed by atoms with van der Waals surface area (Å²) >= 11 is 5.93. The van der Waals surface area contributed by atoms with E-state index in [1.807, 2.05) is 0 Å². The molecular weight excluding hydrogens is 252 g/mol. The number of benzene rings is 1. The Morgan fingerprint density at radius 1 is 1.39 bits per heavy atom. The van der Waals surface area contributed by atoms with Crippen molar-refractivity contribution in [2.24, 2.45) is 0 Å². The molecule has 0 aliphatic carbocycles. The average molecular weight is 269 g/mol. The third kappa shape index (κ3) is 3.15. The van der Waals surface area contributed by atoms with Gasteiger partial charge in [-0.3, -0.25) is 4.79 Å². The van der Waals surface area contributed by atoms with Gasteiger partial charge >= 0.3 is 0 Å². The van der Waals surface area contributed by atoms with E-state index < -0.39 is 0 Å². The lowest BCUT2D eigenvalue weighted by Crippen LogP contribution is -2.39. The SMILES string of the molecule is CNc1ccc(Cl)cc1C(=O)NC1CCOCC1. The van der Waals surface area contributed by atoms with E-state index in [2.05, 4.69) is 10.6 Å². The van der Waals surface area contributed by atoms with E-state index in [0.717, 1.165) is 18.5 Å². The van der Waals surface area contributed by atoms with Gasteiger partial charge in [-0.25, -0.2) is 0 Å². The van der Waals surface area contributed by atoms with Crippen molar-refractivity contribution in [2.75, 3.05) is 25.6 Å². The summed E-state index contributed by atoms with van der Waals surface area (Å²) < 4.78 is 5.27. The molecule has 1 aromatic carbocycles. The Bertz CT molecular complexity index is 431. The standard InChI is InChI=1S/C13H17ClN2O2/c1-15-12-3-2-9(14)8-11(12)13(17)16-10-4-6-18-7-5-10/h2-3,8,10,15H,4-7H2,1H3,(H,16,17). The summed E-state index contributed by atoms with van der Waals surface area (Å²) in [5.41, 5.74) is 1.36. The fourth-order valence-corrected chi connectivity index (χ4v) is 2.20. The van der Waals surface area contributed by atoms with Crippen molar-refractivity contribution < 1.29 is 9.53 Å². The molecule has 1 amide bonds. The molecule has 1 saturated heterocycles. The average Bonchev–Trinajstić information content (AvgIpc) is 2.40. The van der Waals surface area contributed by atoms with E-state index in [-0.39, 0.29) is 11.9 Å². The lowest BCUT2D eigenvalue weighted by atomic mass is 10.1. The van der Waals surface area contributed by atoms with Gasteiger partial charge < -0.3 is 15.4 Å². The first kappa shape index (κ1) is 13.2. The van der Waals surface area contributed by atoms with Gasteiger partial charge in [0.2, 0.25) is 0 Å². The van der Waals surface area contributed by atoms with E-state index in [4.69, 9.17) is 16.3 Å². The summed E-state index contributed by atoms with van der Waals surface area (Å²) in [4.78, 5) is 12.2. The number of rotatable bonds is 3. The third-order valence-corrected chi connectivity index (χ3v) is 3.29. The van der Waals surface area contributed by atoms with Crippen LogP contribution in [0, 0.1) is 0 Å². The number of amides is 1. The van der Waals surface area contributed by atoms with Crippen LogP contribution in [0.25, 0.3) is 0 Å². The summed E-state index contributed by atoms with van der Waals surface area (Å²) in [5, 5.41) is 6.58. The molecule has 4 nitrogen and oxygen atoms in total. The van der Waals surface area contributed by atoms with Crippen molar-refractivity contribution in [1.29, 1.82) is 0 Å². The Labute approximate surface area is 112 Å². The van der Waals surface area contributed by atoms with E-state index in [1.165, 1.54) is 0 Å².